The van der Waals surface area contributed by atoms with Crippen molar-refractivity contribution in [2.45, 2.75) is 104 Å². The molecule has 3 fully saturated rings. The minimum absolute atomic E-state index is 0.177. The number of rotatable bonds is 2. The van der Waals surface area contributed by atoms with Crippen LogP contribution in [0.3, 0.4) is 0 Å². The molecule has 28 heavy (non-hydrogen) atoms. The Morgan fingerprint density at radius 3 is 2.50 bits per heavy atom. The lowest BCUT2D eigenvalue weighted by Gasteiger charge is -2.57. The lowest BCUT2D eigenvalue weighted by atomic mass is 9.50. The zero-order valence-electron chi connectivity index (χ0n) is 19.2. The molecule has 0 bridgehead atoms. The van der Waals surface area contributed by atoms with Crippen LogP contribution in [0.15, 0.2) is 11.8 Å². The second kappa shape index (κ2) is 6.44. The zero-order chi connectivity index (χ0) is 20.5. The van der Waals surface area contributed by atoms with Crippen LogP contribution < -0.4 is 5.32 Å². The number of hydrogen-bond acceptors (Lipinski definition) is 2. The van der Waals surface area contributed by atoms with E-state index >= 15 is 0 Å². The van der Waals surface area contributed by atoms with Crippen molar-refractivity contribution in [3.05, 3.63) is 11.8 Å². The third-order valence-corrected chi connectivity index (χ3v) is 14.3. The highest BCUT2D eigenvalue weighted by atomic mass is 28.4. The van der Waals surface area contributed by atoms with Crippen LogP contribution in [0.1, 0.15) is 79.6 Å². The molecule has 4 rings (SSSR count). The first-order chi connectivity index (χ1) is 12.9. The molecule has 2 saturated carbocycles. The van der Waals surface area contributed by atoms with Gasteiger partial charge in [0.2, 0.25) is 5.91 Å². The van der Waals surface area contributed by atoms with E-state index in [0.717, 1.165) is 30.6 Å². The molecule has 1 N–H and O–H groups in total. The summed E-state index contributed by atoms with van der Waals surface area (Å²) in [5.41, 5.74) is 1.74. The van der Waals surface area contributed by atoms with Crippen LogP contribution >= 0.6 is 0 Å². The first kappa shape index (κ1) is 20.7. The molecule has 0 aromatic rings. The maximum absolute atomic E-state index is 11.9. The Balaban J connectivity index is 1.58. The number of carbonyl (C=O) groups is 1. The van der Waals surface area contributed by atoms with Crippen molar-refractivity contribution in [2.24, 2.45) is 28.6 Å². The molecular formula is C24H41NO2Si. The zero-order valence-corrected chi connectivity index (χ0v) is 20.2. The molecule has 158 valence electrons. The molecule has 6 atom stereocenters. The second-order valence-electron chi connectivity index (χ2n) is 12.2. The molecule has 0 aromatic heterocycles. The highest BCUT2D eigenvalue weighted by molar-refractivity contribution is 6.74. The molecule has 1 heterocycles. The number of piperidine rings is 1. The van der Waals surface area contributed by atoms with Crippen LogP contribution in [0, 0.1) is 28.6 Å². The van der Waals surface area contributed by atoms with Gasteiger partial charge in [-0.15, -0.1) is 0 Å². The number of nitrogens with one attached hydrogen (secondary N) is 1. The van der Waals surface area contributed by atoms with Gasteiger partial charge in [-0.25, -0.2) is 0 Å². The Kier molecular flexibility index (Phi) is 4.75. The number of carbonyl (C=O) groups excluding carboxylic acids is 1. The summed E-state index contributed by atoms with van der Waals surface area (Å²) in [5.74, 6) is 2.47. The van der Waals surface area contributed by atoms with Crippen molar-refractivity contribution in [1.82, 2.24) is 5.32 Å². The van der Waals surface area contributed by atoms with E-state index in [4.69, 9.17) is 4.43 Å². The van der Waals surface area contributed by atoms with Gasteiger partial charge in [0.05, 0.1) is 6.10 Å². The summed E-state index contributed by atoms with van der Waals surface area (Å²) in [6, 6.07) is 0. The van der Waals surface area contributed by atoms with Crippen molar-refractivity contribution in [2.75, 3.05) is 0 Å². The van der Waals surface area contributed by atoms with E-state index in [0.29, 0.717) is 17.9 Å². The Morgan fingerprint density at radius 1 is 1.11 bits per heavy atom. The summed E-state index contributed by atoms with van der Waals surface area (Å²) in [4.78, 5) is 11.9. The van der Waals surface area contributed by atoms with Crippen LogP contribution in [-0.4, -0.2) is 20.3 Å². The lowest BCUT2D eigenvalue weighted by molar-refractivity contribution is -0.125. The molecule has 3 nitrogen and oxygen atoms in total. The molecule has 0 unspecified atom stereocenters. The van der Waals surface area contributed by atoms with Crippen molar-refractivity contribution >= 4 is 14.2 Å². The maximum atomic E-state index is 11.9. The van der Waals surface area contributed by atoms with Gasteiger partial charge in [0.25, 0.3) is 0 Å². The lowest BCUT2D eigenvalue weighted by Crippen LogP contribution is -2.55. The summed E-state index contributed by atoms with van der Waals surface area (Å²) in [5, 5.41) is 3.49. The van der Waals surface area contributed by atoms with Crippen LogP contribution in [0.5, 0.6) is 0 Å². The Morgan fingerprint density at radius 2 is 1.82 bits per heavy atom. The van der Waals surface area contributed by atoms with Gasteiger partial charge in [0.1, 0.15) is 0 Å². The molecule has 4 aliphatic rings. The van der Waals surface area contributed by atoms with Crippen molar-refractivity contribution in [1.29, 1.82) is 0 Å². The highest BCUT2D eigenvalue weighted by Crippen LogP contribution is 2.64. The monoisotopic (exact) mass is 403 g/mol. The molecule has 4 heteroatoms. The van der Waals surface area contributed by atoms with E-state index in [-0.39, 0.29) is 16.4 Å². The Labute approximate surface area is 173 Å². The van der Waals surface area contributed by atoms with Crippen LogP contribution in [0.2, 0.25) is 18.1 Å². The van der Waals surface area contributed by atoms with E-state index in [1.165, 1.54) is 31.4 Å². The van der Waals surface area contributed by atoms with Crippen LogP contribution in [0.25, 0.3) is 0 Å². The summed E-state index contributed by atoms with van der Waals surface area (Å²) in [6.07, 6.45) is 10.8. The summed E-state index contributed by atoms with van der Waals surface area (Å²) < 4.78 is 7.03. The average molecular weight is 404 g/mol. The minimum Gasteiger partial charge on any atom is -0.413 e. The second-order valence-corrected chi connectivity index (χ2v) is 16.9. The molecule has 0 spiro atoms. The third kappa shape index (κ3) is 2.96. The SMILES string of the molecule is CC(C)(C)[Si](C)(C)O[C@H]1CC[C@H]2[C@@H]3CC=C4NC(=O)CC[C@]4(C)[C@H]3CC[C@]12C. The molecule has 1 saturated heterocycles. The van der Waals surface area contributed by atoms with Crippen LogP contribution in [0.4, 0.5) is 0 Å². The predicted molar refractivity (Wildman–Crippen MR) is 117 cm³/mol. The van der Waals surface area contributed by atoms with Gasteiger partial charge in [-0.2, -0.15) is 0 Å². The number of hydrogen-bond donors (Lipinski definition) is 1. The van der Waals surface area contributed by atoms with E-state index in [2.05, 4.69) is 59.1 Å². The largest absolute Gasteiger partial charge is 0.413 e. The van der Waals surface area contributed by atoms with Gasteiger partial charge >= 0.3 is 0 Å². The van der Waals surface area contributed by atoms with E-state index in [1.807, 2.05) is 0 Å². The van der Waals surface area contributed by atoms with Gasteiger partial charge in [0.15, 0.2) is 8.32 Å². The highest BCUT2D eigenvalue weighted by Gasteiger charge is 2.60. The van der Waals surface area contributed by atoms with Gasteiger partial charge in [-0.05, 0) is 79.8 Å². The Hall–Kier alpha value is -0.613. The third-order valence-electron chi connectivity index (χ3n) is 9.77. The first-order valence-electron chi connectivity index (χ1n) is 11.6. The fraction of sp³-hybridized carbons (Fsp3) is 0.875. The van der Waals surface area contributed by atoms with Gasteiger partial charge in [-0.3, -0.25) is 4.79 Å². The predicted octanol–water partition coefficient (Wildman–Crippen LogP) is 6.02. The van der Waals surface area contributed by atoms with E-state index in [9.17, 15) is 4.79 Å². The standard InChI is InChI=1S/C24H41NO2Si/c1-22(2,3)28(6,7)27-20-11-9-17-16-8-10-19-23(4,15-13-21(26)25-19)18(16)12-14-24(17,20)5/h10,16-18,20H,8-9,11-15H2,1-7H3,(H,25,26)/t16-,17-,18-,20-,23+,24-/m0/s1. The normalized spacial score (nSPS) is 43.5. The molecule has 0 radical (unpaired) electrons. The fourth-order valence-corrected chi connectivity index (χ4v) is 8.32. The fourth-order valence-electron chi connectivity index (χ4n) is 6.87. The maximum Gasteiger partial charge on any atom is 0.224 e. The van der Waals surface area contributed by atoms with Crippen LogP contribution in [-0.2, 0) is 9.22 Å². The number of fused-ring (bicyclic) bond motifs is 5. The Bertz CT molecular complexity index is 693. The van der Waals surface area contributed by atoms with E-state index < -0.39 is 8.32 Å². The van der Waals surface area contributed by atoms with E-state index in [1.54, 1.807) is 0 Å². The van der Waals surface area contributed by atoms with Gasteiger partial charge in [0, 0.05) is 17.5 Å². The molecular weight excluding hydrogens is 362 g/mol. The minimum atomic E-state index is -1.75. The first-order valence-corrected chi connectivity index (χ1v) is 14.5. The quantitative estimate of drug-likeness (QED) is 0.572. The molecule has 1 amide bonds. The molecule has 1 aliphatic heterocycles. The number of amides is 1. The average Bonchev–Trinajstić information content (AvgIpc) is 2.91. The van der Waals surface area contributed by atoms with Crippen molar-refractivity contribution < 1.29 is 9.22 Å². The van der Waals surface area contributed by atoms with Gasteiger partial charge in [-0.1, -0.05) is 40.7 Å². The molecule has 3 aliphatic carbocycles. The summed E-state index contributed by atoms with van der Waals surface area (Å²) in [6.45, 7) is 16.9. The topological polar surface area (TPSA) is 38.3 Å². The smallest absolute Gasteiger partial charge is 0.224 e. The summed E-state index contributed by atoms with van der Waals surface area (Å²) in [7, 11) is -1.75. The molecule has 0 aromatic carbocycles. The van der Waals surface area contributed by atoms with Crippen molar-refractivity contribution in [3.63, 3.8) is 0 Å². The summed E-state index contributed by atoms with van der Waals surface area (Å²) >= 11 is 0. The van der Waals surface area contributed by atoms with Gasteiger partial charge < -0.3 is 9.74 Å². The van der Waals surface area contributed by atoms with Crippen molar-refractivity contribution in [3.8, 4) is 0 Å². The number of allylic oxidation sites excluding steroid dienone is 2.